The Hall–Kier alpha value is -2.16. The molecule has 1 aromatic rings. The third-order valence-electron chi connectivity index (χ3n) is 3.90. The molecule has 0 bridgehead atoms. The first kappa shape index (κ1) is 17.2. The van der Waals surface area contributed by atoms with Gasteiger partial charge in [-0.3, -0.25) is 20.3 Å². The van der Waals surface area contributed by atoms with Gasteiger partial charge in [-0.2, -0.15) is 13.2 Å². The highest BCUT2D eigenvalue weighted by atomic mass is 19.4. The van der Waals surface area contributed by atoms with Gasteiger partial charge in [0.1, 0.15) is 0 Å². The number of hydrazine groups is 1. The van der Waals surface area contributed by atoms with Gasteiger partial charge >= 0.3 is 6.18 Å². The van der Waals surface area contributed by atoms with E-state index < -0.39 is 28.2 Å². The fourth-order valence-electron chi connectivity index (χ4n) is 2.89. The lowest BCUT2D eigenvalue weighted by Crippen LogP contribution is -2.59. The molecule has 1 N–H and O–H groups in total. The number of hydrogen-bond donors (Lipinski definition) is 1. The number of hydrogen-bond acceptors (Lipinski definition) is 4. The number of benzene rings is 1. The van der Waals surface area contributed by atoms with Gasteiger partial charge in [-0.1, -0.05) is 25.5 Å². The summed E-state index contributed by atoms with van der Waals surface area (Å²) in [5, 5.41) is 11.8. The van der Waals surface area contributed by atoms with Crippen LogP contribution in [0.5, 0.6) is 0 Å². The first-order chi connectivity index (χ1) is 10.7. The Morgan fingerprint density at radius 2 is 2.09 bits per heavy atom. The van der Waals surface area contributed by atoms with Crippen molar-refractivity contribution in [2.75, 3.05) is 6.54 Å². The molecule has 1 atom stereocenters. The Labute approximate surface area is 130 Å². The van der Waals surface area contributed by atoms with Crippen LogP contribution in [0.25, 0.3) is 0 Å². The van der Waals surface area contributed by atoms with Crippen molar-refractivity contribution < 1.29 is 22.9 Å². The van der Waals surface area contributed by atoms with Crippen molar-refractivity contribution in [1.29, 1.82) is 0 Å². The van der Waals surface area contributed by atoms with Crippen molar-refractivity contribution in [3.8, 4) is 0 Å². The second-order valence-corrected chi connectivity index (χ2v) is 5.35. The van der Waals surface area contributed by atoms with E-state index in [-0.39, 0.29) is 31.4 Å². The third kappa shape index (κ3) is 3.00. The number of nitro groups is 1. The molecule has 1 saturated heterocycles. The third-order valence-corrected chi connectivity index (χ3v) is 3.90. The van der Waals surface area contributed by atoms with E-state index in [0.717, 1.165) is 17.1 Å². The molecule has 9 heteroatoms. The number of nitrogens with one attached hydrogen (secondary N) is 1. The van der Waals surface area contributed by atoms with Gasteiger partial charge < -0.3 is 0 Å². The second kappa shape index (κ2) is 6.15. The van der Waals surface area contributed by atoms with Crippen LogP contribution in [0.3, 0.4) is 0 Å². The minimum Gasteiger partial charge on any atom is -0.288 e. The molecule has 1 amide bonds. The van der Waals surface area contributed by atoms with Crippen LogP contribution in [-0.4, -0.2) is 28.6 Å². The number of nitro benzene ring substituents is 1. The van der Waals surface area contributed by atoms with Crippen LogP contribution >= 0.6 is 0 Å². The summed E-state index contributed by atoms with van der Waals surface area (Å²) in [5.41, 5.74) is -0.914. The SMILES string of the molecule is CCCC(c1cccc([N+](=O)[O-])c1)(N1CCC(=O)N1)C(F)(F)F. The highest BCUT2D eigenvalue weighted by Crippen LogP contribution is 2.47. The maximum absolute atomic E-state index is 14.0. The van der Waals surface area contributed by atoms with E-state index in [1.807, 2.05) is 0 Å². The fourth-order valence-corrected chi connectivity index (χ4v) is 2.89. The molecule has 1 fully saturated rings. The summed E-state index contributed by atoms with van der Waals surface area (Å²) >= 11 is 0. The largest absolute Gasteiger partial charge is 0.412 e. The fraction of sp³-hybridized carbons (Fsp3) is 0.500. The zero-order valence-corrected chi connectivity index (χ0v) is 12.4. The zero-order chi connectivity index (χ0) is 17.3. The standard InChI is InChI=1S/C14H16F3N3O3/c1-2-7-13(14(15,16)17,19-8-6-12(21)18-19)10-4-3-5-11(9-10)20(22)23/h3-5,9H,2,6-8H2,1H3,(H,18,21). The van der Waals surface area contributed by atoms with Crippen LogP contribution in [-0.2, 0) is 10.3 Å². The van der Waals surface area contributed by atoms with Crippen molar-refractivity contribution in [1.82, 2.24) is 10.4 Å². The molecule has 1 aliphatic heterocycles. The van der Waals surface area contributed by atoms with E-state index in [4.69, 9.17) is 0 Å². The van der Waals surface area contributed by atoms with Gasteiger partial charge in [0, 0.05) is 25.1 Å². The predicted molar refractivity (Wildman–Crippen MR) is 75.2 cm³/mol. The normalized spacial score (nSPS) is 18.5. The van der Waals surface area contributed by atoms with E-state index in [2.05, 4.69) is 5.43 Å². The van der Waals surface area contributed by atoms with Gasteiger partial charge in [-0.05, 0) is 12.0 Å². The molecule has 2 rings (SSSR count). The summed E-state index contributed by atoms with van der Waals surface area (Å²) in [7, 11) is 0. The Bertz CT molecular complexity index is 621. The van der Waals surface area contributed by atoms with Gasteiger partial charge in [-0.25, -0.2) is 5.01 Å². The summed E-state index contributed by atoms with van der Waals surface area (Å²) in [6.07, 6.45) is -4.89. The summed E-state index contributed by atoms with van der Waals surface area (Å²) in [6, 6.07) is 4.49. The average molecular weight is 331 g/mol. The van der Waals surface area contributed by atoms with Crippen molar-refractivity contribution in [2.45, 2.75) is 37.9 Å². The predicted octanol–water partition coefficient (Wildman–Crippen LogP) is 2.89. The van der Waals surface area contributed by atoms with Gasteiger partial charge in [0.25, 0.3) is 5.69 Å². The summed E-state index contributed by atoms with van der Waals surface area (Å²) < 4.78 is 42.0. The molecule has 0 spiro atoms. The first-order valence-corrected chi connectivity index (χ1v) is 7.11. The number of nitrogens with zero attached hydrogens (tertiary/aromatic N) is 2. The van der Waals surface area contributed by atoms with Gasteiger partial charge in [0.15, 0.2) is 5.54 Å². The van der Waals surface area contributed by atoms with Crippen molar-refractivity contribution in [2.24, 2.45) is 0 Å². The highest BCUT2D eigenvalue weighted by Gasteiger charge is 2.60. The molecular formula is C14H16F3N3O3. The zero-order valence-electron chi connectivity index (χ0n) is 12.4. The quantitative estimate of drug-likeness (QED) is 0.665. The molecule has 1 aromatic carbocycles. The minimum absolute atomic E-state index is 0.0452. The van der Waals surface area contributed by atoms with Crippen molar-refractivity contribution >= 4 is 11.6 Å². The van der Waals surface area contributed by atoms with E-state index in [1.54, 1.807) is 6.92 Å². The van der Waals surface area contributed by atoms with Crippen molar-refractivity contribution in [3.05, 3.63) is 39.9 Å². The van der Waals surface area contributed by atoms with Crippen molar-refractivity contribution in [3.63, 3.8) is 0 Å². The first-order valence-electron chi connectivity index (χ1n) is 7.11. The molecule has 1 heterocycles. The molecule has 0 aromatic heterocycles. The number of rotatable bonds is 5. The molecule has 0 radical (unpaired) electrons. The maximum Gasteiger partial charge on any atom is 0.412 e. The lowest BCUT2D eigenvalue weighted by Gasteiger charge is -2.42. The topological polar surface area (TPSA) is 75.5 Å². The molecule has 6 nitrogen and oxygen atoms in total. The minimum atomic E-state index is -4.71. The van der Waals surface area contributed by atoms with Crippen LogP contribution < -0.4 is 5.43 Å². The molecular weight excluding hydrogens is 315 g/mol. The Morgan fingerprint density at radius 3 is 2.57 bits per heavy atom. The summed E-state index contributed by atoms with van der Waals surface area (Å²) in [4.78, 5) is 21.6. The van der Waals surface area contributed by atoms with Crippen LogP contribution in [0, 0.1) is 10.1 Å². The number of halogens is 3. The molecule has 126 valence electrons. The maximum atomic E-state index is 14.0. The van der Waals surface area contributed by atoms with Gasteiger partial charge in [0.05, 0.1) is 4.92 Å². The number of carbonyl (C=O) groups is 1. The van der Waals surface area contributed by atoms with Crippen LogP contribution in [0.1, 0.15) is 31.7 Å². The smallest absolute Gasteiger partial charge is 0.288 e. The Kier molecular flexibility index (Phi) is 4.60. The van der Waals surface area contributed by atoms with E-state index in [1.165, 1.54) is 12.1 Å². The van der Waals surface area contributed by atoms with E-state index >= 15 is 0 Å². The van der Waals surface area contributed by atoms with Crippen LogP contribution in [0.2, 0.25) is 0 Å². The molecule has 0 saturated carbocycles. The summed E-state index contributed by atoms with van der Waals surface area (Å²) in [5.74, 6) is -0.500. The number of alkyl halides is 3. The lowest BCUT2D eigenvalue weighted by molar-refractivity contribution is -0.385. The lowest BCUT2D eigenvalue weighted by atomic mass is 9.83. The second-order valence-electron chi connectivity index (χ2n) is 5.35. The molecule has 1 unspecified atom stereocenters. The number of non-ortho nitro benzene ring substituents is 1. The van der Waals surface area contributed by atoms with Gasteiger partial charge in [-0.15, -0.1) is 0 Å². The molecule has 1 aliphatic rings. The summed E-state index contributed by atoms with van der Waals surface area (Å²) in [6.45, 7) is 1.48. The van der Waals surface area contributed by atoms with E-state index in [9.17, 15) is 28.1 Å². The van der Waals surface area contributed by atoms with Crippen LogP contribution in [0.15, 0.2) is 24.3 Å². The van der Waals surface area contributed by atoms with Gasteiger partial charge in [0.2, 0.25) is 5.91 Å². The van der Waals surface area contributed by atoms with E-state index in [0.29, 0.717) is 0 Å². The molecule has 23 heavy (non-hydrogen) atoms. The average Bonchev–Trinajstić information content (AvgIpc) is 2.90. The highest BCUT2D eigenvalue weighted by molar-refractivity contribution is 5.77. The number of carbonyl (C=O) groups excluding carboxylic acids is 1. The molecule has 0 aliphatic carbocycles. The monoisotopic (exact) mass is 331 g/mol. The van der Waals surface area contributed by atoms with Crippen LogP contribution in [0.4, 0.5) is 18.9 Å². The Morgan fingerprint density at radius 1 is 1.39 bits per heavy atom. The Balaban J connectivity index is 2.62. The number of amides is 1.